The average molecular weight is 230 g/mol. The van der Waals surface area contributed by atoms with E-state index in [2.05, 4.69) is 36.1 Å². The number of rotatable bonds is 3. The topological polar surface area (TPSA) is 121 Å². The van der Waals surface area contributed by atoms with Crippen molar-refractivity contribution in [1.29, 1.82) is 0 Å². The normalized spacial score (nSPS) is 10.8. The quantitative estimate of drug-likeness (QED) is 0.479. The maximum Gasteiger partial charge on any atom is 0.193 e. The van der Waals surface area contributed by atoms with Crippen LogP contribution in [0, 0.1) is 0 Å². The van der Waals surface area contributed by atoms with Gasteiger partial charge in [0, 0.05) is 5.39 Å². The molecule has 3 aromatic rings. The van der Waals surface area contributed by atoms with Crippen molar-refractivity contribution in [3.63, 3.8) is 0 Å². The summed E-state index contributed by atoms with van der Waals surface area (Å²) >= 11 is 0. The molecule has 0 unspecified atom stereocenters. The van der Waals surface area contributed by atoms with Gasteiger partial charge in [-0.2, -0.15) is 10.3 Å². The Morgan fingerprint density at radius 1 is 1.35 bits per heavy atom. The molecule has 2 heterocycles. The number of anilines is 2. The number of hydrogen-bond donors (Lipinski definition) is 4. The van der Waals surface area contributed by atoms with Gasteiger partial charge in [0.15, 0.2) is 5.82 Å². The zero-order chi connectivity index (χ0) is 11.7. The van der Waals surface area contributed by atoms with Gasteiger partial charge in [-0.05, 0) is 12.1 Å². The van der Waals surface area contributed by atoms with E-state index in [0.29, 0.717) is 18.1 Å². The number of hydrogen-bond acceptors (Lipinski definition) is 6. The number of benzene rings is 1. The Labute approximate surface area is 95.6 Å². The van der Waals surface area contributed by atoms with E-state index in [1.807, 2.05) is 12.1 Å². The van der Waals surface area contributed by atoms with Crippen molar-refractivity contribution in [3.8, 4) is 0 Å². The highest BCUT2D eigenvalue weighted by molar-refractivity contribution is 5.88. The molecule has 17 heavy (non-hydrogen) atoms. The number of aromatic amines is 2. The highest BCUT2D eigenvalue weighted by atomic mass is 15.5. The Morgan fingerprint density at radius 2 is 2.29 bits per heavy atom. The number of nitrogen functional groups attached to an aromatic ring is 1. The van der Waals surface area contributed by atoms with Crippen molar-refractivity contribution < 1.29 is 0 Å². The molecule has 2 aromatic heterocycles. The molecule has 8 heteroatoms. The maximum atomic E-state index is 5.92. The van der Waals surface area contributed by atoms with E-state index in [-0.39, 0.29) is 0 Å². The second-order valence-electron chi connectivity index (χ2n) is 3.58. The summed E-state index contributed by atoms with van der Waals surface area (Å²) in [5.41, 5.74) is 8.31. The minimum atomic E-state index is 0.459. The van der Waals surface area contributed by atoms with E-state index in [9.17, 15) is 0 Å². The summed E-state index contributed by atoms with van der Waals surface area (Å²) in [6.07, 6.45) is 1.73. The first-order chi connectivity index (χ1) is 8.33. The lowest BCUT2D eigenvalue weighted by Gasteiger charge is -2.07. The van der Waals surface area contributed by atoms with Crippen LogP contribution in [0.3, 0.4) is 0 Å². The molecule has 3 rings (SSSR count). The zero-order valence-corrected chi connectivity index (χ0v) is 8.81. The lowest BCUT2D eigenvalue weighted by Crippen LogP contribution is -2.04. The molecule has 0 atom stereocenters. The molecule has 0 amide bonds. The summed E-state index contributed by atoms with van der Waals surface area (Å²) in [7, 11) is 0. The van der Waals surface area contributed by atoms with E-state index in [4.69, 9.17) is 5.73 Å². The van der Waals surface area contributed by atoms with Gasteiger partial charge in [0.2, 0.25) is 0 Å². The molecule has 0 saturated heterocycles. The van der Waals surface area contributed by atoms with Crippen molar-refractivity contribution in [1.82, 2.24) is 30.8 Å². The molecule has 1 aromatic carbocycles. The maximum absolute atomic E-state index is 5.92. The van der Waals surface area contributed by atoms with Gasteiger partial charge in [0.1, 0.15) is 0 Å². The summed E-state index contributed by atoms with van der Waals surface area (Å²) in [4.78, 5) is 0. The summed E-state index contributed by atoms with van der Waals surface area (Å²) in [5, 5.41) is 24.5. The van der Waals surface area contributed by atoms with Gasteiger partial charge in [-0.3, -0.25) is 5.10 Å². The van der Waals surface area contributed by atoms with Gasteiger partial charge in [-0.25, -0.2) is 0 Å². The van der Waals surface area contributed by atoms with Crippen molar-refractivity contribution in [2.45, 2.75) is 6.54 Å². The molecule has 8 nitrogen and oxygen atoms in total. The van der Waals surface area contributed by atoms with Crippen LogP contribution in [0.1, 0.15) is 5.82 Å². The van der Waals surface area contributed by atoms with Gasteiger partial charge >= 0.3 is 0 Å². The highest BCUT2D eigenvalue weighted by Gasteiger charge is 2.04. The van der Waals surface area contributed by atoms with Crippen LogP contribution < -0.4 is 11.1 Å². The van der Waals surface area contributed by atoms with Crippen molar-refractivity contribution in [2.75, 3.05) is 11.1 Å². The standard InChI is InChI=1S/C9H10N8/c10-6-1-5-3-12-13-7(5)2-8(6)11-4-9-14-16-17-15-9/h1-3,11H,4,10H2,(H,12,13)(H,14,15,16,17). The van der Waals surface area contributed by atoms with Crippen LogP contribution in [-0.2, 0) is 6.54 Å². The van der Waals surface area contributed by atoms with Crippen LogP contribution in [0.25, 0.3) is 10.9 Å². The van der Waals surface area contributed by atoms with E-state index in [1.165, 1.54) is 0 Å². The third-order valence-electron chi connectivity index (χ3n) is 2.44. The van der Waals surface area contributed by atoms with Gasteiger partial charge < -0.3 is 11.1 Å². The minimum absolute atomic E-state index is 0.459. The van der Waals surface area contributed by atoms with Crippen LogP contribution in [0.2, 0.25) is 0 Å². The molecule has 0 spiro atoms. The Kier molecular flexibility index (Phi) is 2.11. The summed E-state index contributed by atoms with van der Waals surface area (Å²) < 4.78 is 0. The Morgan fingerprint density at radius 3 is 3.12 bits per heavy atom. The molecule has 0 aliphatic rings. The molecule has 0 bridgehead atoms. The first-order valence-electron chi connectivity index (χ1n) is 5.02. The Balaban J connectivity index is 1.86. The number of nitrogens with zero attached hydrogens (tertiary/aromatic N) is 4. The van der Waals surface area contributed by atoms with Gasteiger partial charge in [0.05, 0.1) is 29.6 Å². The van der Waals surface area contributed by atoms with Gasteiger partial charge in [0.25, 0.3) is 0 Å². The molecule has 5 N–H and O–H groups in total. The number of tetrazole rings is 1. The fourth-order valence-electron chi connectivity index (χ4n) is 1.59. The minimum Gasteiger partial charge on any atom is -0.397 e. The zero-order valence-electron chi connectivity index (χ0n) is 8.81. The summed E-state index contributed by atoms with van der Waals surface area (Å²) in [6, 6.07) is 3.76. The second-order valence-corrected chi connectivity index (χ2v) is 3.58. The molecule has 0 fully saturated rings. The molecule has 86 valence electrons. The average Bonchev–Trinajstić information content (AvgIpc) is 2.95. The van der Waals surface area contributed by atoms with Crippen molar-refractivity contribution in [2.24, 2.45) is 0 Å². The SMILES string of the molecule is Nc1cc2cn[nH]c2cc1NCc1nn[nH]n1. The van der Waals surface area contributed by atoms with Crippen molar-refractivity contribution in [3.05, 3.63) is 24.2 Å². The number of nitrogens with two attached hydrogens (primary N) is 1. The lowest BCUT2D eigenvalue weighted by molar-refractivity contribution is 0.881. The fourth-order valence-corrected chi connectivity index (χ4v) is 1.59. The molecular weight excluding hydrogens is 220 g/mol. The Hall–Kier alpha value is -2.64. The van der Waals surface area contributed by atoms with E-state index in [1.54, 1.807) is 6.20 Å². The molecule has 0 radical (unpaired) electrons. The summed E-state index contributed by atoms with van der Waals surface area (Å²) in [6.45, 7) is 0.459. The highest BCUT2D eigenvalue weighted by Crippen LogP contribution is 2.24. The monoisotopic (exact) mass is 230 g/mol. The van der Waals surface area contributed by atoms with Crippen LogP contribution >= 0.6 is 0 Å². The molecular formula is C9H10N8. The first-order valence-corrected chi connectivity index (χ1v) is 5.02. The van der Waals surface area contributed by atoms with Gasteiger partial charge in [-0.1, -0.05) is 5.21 Å². The largest absolute Gasteiger partial charge is 0.397 e. The third kappa shape index (κ3) is 1.75. The molecule has 0 aliphatic carbocycles. The number of fused-ring (bicyclic) bond motifs is 1. The number of nitrogens with one attached hydrogen (secondary N) is 3. The second kappa shape index (κ2) is 3.74. The number of aromatic nitrogens is 6. The first kappa shape index (κ1) is 9.58. The van der Waals surface area contributed by atoms with Crippen LogP contribution in [-0.4, -0.2) is 30.8 Å². The Bertz CT molecular complexity index is 626. The molecule has 0 aliphatic heterocycles. The predicted octanol–water partition coefficient (Wildman–Crippen LogP) is 0.270. The van der Waals surface area contributed by atoms with Gasteiger partial charge in [-0.15, -0.1) is 10.2 Å². The third-order valence-corrected chi connectivity index (χ3v) is 2.44. The van der Waals surface area contributed by atoms with Crippen molar-refractivity contribution >= 4 is 22.3 Å². The van der Waals surface area contributed by atoms with E-state index >= 15 is 0 Å². The summed E-state index contributed by atoms with van der Waals surface area (Å²) in [5.74, 6) is 0.578. The van der Waals surface area contributed by atoms with Crippen LogP contribution in [0.4, 0.5) is 11.4 Å². The number of H-pyrrole nitrogens is 2. The smallest absolute Gasteiger partial charge is 0.193 e. The lowest BCUT2D eigenvalue weighted by atomic mass is 10.2. The predicted molar refractivity (Wildman–Crippen MR) is 62.0 cm³/mol. The van der Waals surface area contributed by atoms with Crippen LogP contribution in [0.5, 0.6) is 0 Å². The molecule has 0 saturated carbocycles. The van der Waals surface area contributed by atoms with Crippen LogP contribution in [0.15, 0.2) is 18.3 Å². The van der Waals surface area contributed by atoms with E-state index < -0.39 is 0 Å². The van der Waals surface area contributed by atoms with E-state index in [0.717, 1.165) is 16.6 Å². The fraction of sp³-hybridized carbons (Fsp3) is 0.111.